The Morgan fingerprint density at radius 2 is 2.11 bits per heavy atom. The number of halogens is 5. The minimum Gasteiger partial charge on any atom is -0.387 e. The van der Waals surface area contributed by atoms with E-state index in [0.717, 1.165) is 19.6 Å². The average Bonchev–Trinajstić information content (AvgIpc) is 3.55. The Kier molecular flexibility index (Phi) is 7.76. The van der Waals surface area contributed by atoms with Crippen LogP contribution in [0.4, 0.5) is 23.4 Å². The minimum atomic E-state index is -4.72. The quantitative estimate of drug-likeness (QED) is 0.251. The number of aromatic nitrogens is 4. The summed E-state index contributed by atoms with van der Waals surface area (Å²) in [6, 6.07) is 0.786. The second-order valence-electron chi connectivity index (χ2n) is 8.19. The lowest BCUT2D eigenvalue weighted by atomic mass is 10.1. The zero-order valence-electron chi connectivity index (χ0n) is 19.2. The standard InChI is InChI=1S/C20H19ClF4N6O6S/c1-26-38(34,35)37-13-4-12(16(22)18(13)33)29-19-11(5-27-8-28-19)17(32)9-2-15(21)31(6-9)7-10-3-14(36-30-10)20(23,24)25/h2-3,5-6,8,12-13,16,18,26,33H,4,7H2,1H3,(H,27,28,29)/t12-,13-,16-,18-/m1/s1. The predicted molar refractivity (Wildman–Crippen MR) is 121 cm³/mol. The normalized spacial score (nSPS) is 22.1. The summed E-state index contributed by atoms with van der Waals surface area (Å²) >= 11 is 6.15. The van der Waals surface area contributed by atoms with Gasteiger partial charge in [-0.2, -0.15) is 26.3 Å². The van der Waals surface area contributed by atoms with E-state index in [9.17, 15) is 35.9 Å². The van der Waals surface area contributed by atoms with Gasteiger partial charge in [-0.25, -0.2) is 14.4 Å². The molecule has 3 aromatic heterocycles. The van der Waals surface area contributed by atoms with Gasteiger partial charge in [-0.15, -0.1) is 0 Å². The molecule has 1 fully saturated rings. The van der Waals surface area contributed by atoms with Crippen molar-refractivity contribution in [1.82, 2.24) is 24.4 Å². The third-order valence-electron chi connectivity index (χ3n) is 5.63. The van der Waals surface area contributed by atoms with E-state index in [-0.39, 0.29) is 40.8 Å². The first-order valence-corrected chi connectivity index (χ1v) is 12.5. The van der Waals surface area contributed by atoms with Crippen LogP contribution in [0.25, 0.3) is 0 Å². The fourth-order valence-electron chi connectivity index (χ4n) is 3.77. The summed E-state index contributed by atoms with van der Waals surface area (Å²) in [5.74, 6) is -2.06. The Balaban J connectivity index is 1.52. The topological polar surface area (TPSA) is 161 Å². The maximum absolute atomic E-state index is 14.8. The third-order valence-corrected chi connectivity index (χ3v) is 6.96. The van der Waals surface area contributed by atoms with Crippen molar-refractivity contribution < 1.29 is 44.6 Å². The van der Waals surface area contributed by atoms with Gasteiger partial charge in [0.25, 0.3) is 0 Å². The molecule has 0 bridgehead atoms. The SMILES string of the molecule is CNS(=O)(=O)O[C@@H]1C[C@@H](Nc2ncncc2C(=O)c2cc(Cl)n(Cc3cc(C(F)(F)F)on3)c2)[C@@H](F)[C@@H]1O. The number of anilines is 1. The zero-order chi connectivity index (χ0) is 27.8. The molecule has 0 unspecified atom stereocenters. The van der Waals surface area contributed by atoms with Crippen molar-refractivity contribution in [3.8, 4) is 0 Å². The number of ketones is 1. The van der Waals surface area contributed by atoms with Crippen LogP contribution < -0.4 is 10.0 Å². The van der Waals surface area contributed by atoms with Gasteiger partial charge in [-0.3, -0.25) is 8.98 Å². The molecule has 18 heteroatoms. The van der Waals surface area contributed by atoms with Crippen molar-refractivity contribution in [1.29, 1.82) is 0 Å². The zero-order valence-corrected chi connectivity index (χ0v) is 20.8. The van der Waals surface area contributed by atoms with E-state index < -0.39 is 52.4 Å². The predicted octanol–water partition coefficient (Wildman–Crippen LogP) is 1.95. The Bertz CT molecular complexity index is 1430. The summed E-state index contributed by atoms with van der Waals surface area (Å²) in [5, 5.41) is 16.1. The van der Waals surface area contributed by atoms with Gasteiger partial charge >= 0.3 is 16.5 Å². The fourth-order valence-corrected chi connectivity index (χ4v) is 4.61. The summed E-state index contributed by atoms with van der Waals surface area (Å²) in [7, 11) is -3.12. The van der Waals surface area contributed by atoms with Crippen molar-refractivity contribution in [3.05, 3.63) is 58.6 Å². The number of rotatable bonds is 9. The van der Waals surface area contributed by atoms with Gasteiger partial charge in [0.1, 0.15) is 41.4 Å². The largest absolute Gasteiger partial charge is 0.452 e. The molecule has 0 aromatic carbocycles. The Morgan fingerprint density at radius 1 is 1.37 bits per heavy atom. The number of aliphatic hydroxyl groups excluding tert-OH is 1. The second-order valence-corrected chi connectivity index (χ2v) is 10.1. The molecule has 12 nitrogen and oxygen atoms in total. The van der Waals surface area contributed by atoms with Crippen molar-refractivity contribution in [2.75, 3.05) is 12.4 Å². The minimum absolute atomic E-state index is 0.00439. The number of alkyl halides is 4. The van der Waals surface area contributed by atoms with Crippen LogP contribution in [0.2, 0.25) is 5.15 Å². The molecule has 38 heavy (non-hydrogen) atoms. The molecule has 0 aliphatic heterocycles. The van der Waals surface area contributed by atoms with E-state index in [1.54, 1.807) is 0 Å². The molecule has 3 N–H and O–H groups in total. The monoisotopic (exact) mass is 582 g/mol. The van der Waals surface area contributed by atoms with E-state index in [0.29, 0.717) is 6.07 Å². The number of hydrogen-bond donors (Lipinski definition) is 3. The highest BCUT2D eigenvalue weighted by atomic mass is 35.5. The van der Waals surface area contributed by atoms with E-state index in [4.69, 9.17) is 15.8 Å². The highest BCUT2D eigenvalue weighted by Crippen LogP contribution is 2.32. The van der Waals surface area contributed by atoms with Crippen molar-refractivity contribution in [2.45, 2.75) is 43.6 Å². The summed E-state index contributed by atoms with van der Waals surface area (Å²) in [5.41, 5.74) is -0.196. The van der Waals surface area contributed by atoms with Crippen LogP contribution in [0, 0.1) is 0 Å². The third kappa shape index (κ3) is 5.96. The molecule has 1 aliphatic carbocycles. The van der Waals surface area contributed by atoms with Crippen molar-refractivity contribution in [3.63, 3.8) is 0 Å². The summed E-state index contributed by atoms with van der Waals surface area (Å²) in [6.07, 6.45) is -6.64. The Labute approximate surface area is 217 Å². The molecule has 0 amide bonds. The molecule has 3 heterocycles. The summed E-state index contributed by atoms with van der Waals surface area (Å²) in [4.78, 5) is 21.0. The molecule has 1 aliphatic rings. The maximum Gasteiger partial charge on any atom is 0.452 e. The van der Waals surface area contributed by atoms with Gasteiger partial charge in [0.2, 0.25) is 5.76 Å². The van der Waals surface area contributed by atoms with Crippen molar-refractivity contribution >= 4 is 33.5 Å². The van der Waals surface area contributed by atoms with Gasteiger partial charge in [0.05, 0.1) is 18.2 Å². The smallest absolute Gasteiger partial charge is 0.387 e. The van der Waals surface area contributed by atoms with E-state index in [1.165, 1.54) is 16.8 Å². The Morgan fingerprint density at radius 3 is 2.76 bits per heavy atom. The lowest BCUT2D eigenvalue weighted by molar-refractivity contribution is -0.155. The van der Waals surface area contributed by atoms with Crippen LogP contribution in [0.15, 0.2) is 35.4 Å². The number of nitrogens with zero attached hydrogens (tertiary/aromatic N) is 4. The molecular formula is C20H19ClF4N6O6S. The molecule has 4 rings (SSSR count). The molecule has 1 saturated carbocycles. The number of carbonyl (C=O) groups excluding carboxylic acids is 1. The van der Waals surface area contributed by atoms with Crippen LogP contribution in [0.3, 0.4) is 0 Å². The first kappa shape index (κ1) is 27.9. The molecule has 0 spiro atoms. The molecule has 0 saturated heterocycles. The number of hydrogen-bond acceptors (Lipinski definition) is 10. The van der Waals surface area contributed by atoms with Gasteiger partial charge in [0.15, 0.2) is 5.78 Å². The first-order chi connectivity index (χ1) is 17.8. The molecule has 3 aromatic rings. The molecule has 4 atom stereocenters. The number of carbonyl (C=O) groups is 1. The van der Waals surface area contributed by atoms with Crippen LogP contribution in [-0.4, -0.2) is 70.5 Å². The lowest BCUT2D eigenvalue weighted by Gasteiger charge is -2.17. The van der Waals surface area contributed by atoms with Crippen molar-refractivity contribution in [2.24, 2.45) is 0 Å². The van der Waals surface area contributed by atoms with Crippen LogP contribution in [0.1, 0.15) is 33.8 Å². The summed E-state index contributed by atoms with van der Waals surface area (Å²) < 4.78 is 88.5. The highest BCUT2D eigenvalue weighted by molar-refractivity contribution is 7.84. The molecular weight excluding hydrogens is 564 g/mol. The summed E-state index contributed by atoms with van der Waals surface area (Å²) in [6.45, 7) is -0.234. The van der Waals surface area contributed by atoms with Gasteiger partial charge < -0.3 is 19.5 Å². The van der Waals surface area contributed by atoms with Crippen LogP contribution in [-0.2, 0) is 27.2 Å². The number of nitrogens with one attached hydrogen (secondary N) is 2. The lowest BCUT2D eigenvalue weighted by Crippen LogP contribution is -2.35. The second kappa shape index (κ2) is 10.6. The average molecular weight is 583 g/mol. The molecule has 0 radical (unpaired) electrons. The van der Waals surface area contributed by atoms with Gasteiger partial charge in [0, 0.05) is 37.5 Å². The molecule has 206 valence electrons. The van der Waals surface area contributed by atoms with E-state index in [2.05, 4.69) is 25.0 Å². The van der Waals surface area contributed by atoms with Gasteiger partial charge in [-0.1, -0.05) is 16.8 Å². The van der Waals surface area contributed by atoms with Gasteiger partial charge in [-0.05, 0) is 6.07 Å². The van der Waals surface area contributed by atoms with E-state index >= 15 is 0 Å². The van der Waals surface area contributed by atoms with Crippen LogP contribution >= 0.6 is 11.6 Å². The van der Waals surface area contributed by atoms with Crippen LogP contribution in [0.5, 0.6) is 0 Å². The highest BCUT2D eigenvalue weighted by Gasteiger charge is 2.46. The fraction of sp³-hybridized carbons (Fsp3) is 0.400. The maximum atomic E-state index is 14.8. The Hall–Kier alpha value is -3.12. The number of aliphatic hydroxyl groups is 1. The first-order valence-electron chi connectivity index (χ1n) is 10.7. The van der Waals surface area contributed by atoms with E-state index in [1.807, 2.05) is 4.72 Å².